The van der Waals surface area contributed by atoms with Crippen LogP contribution in [-0.2, 0) is 28.6 Å². The maximum atomic E-state index is 12.9. The van der Waals surface area contributed by atoms with E-state index in [2.05, 4.69) is 130 Å². The lowest BCUT2D eigenvalue weighted by Gasteiger charge is -2.18. The molecule has 0 heterocycles. The van der Waals surface area contributed by atoms with Crippen molar-refractivity contribution in [3.05, 3.63) is 109 Å². The molecule has 0 amide bonds. The quantitative estimate of drug-likeness (QED) is 0.0261. The highest BCUT2D eigenvalue weighted by Gasteiger charge is 2.19. The lowest BCUT2D eigenvalue weighted by Crippen LogP contribution is -2.30. The van der Waals surface area contributed by atoms with Crippen LogP contribution in [0, 0.1) is 0 Å². The maximum Gasteiger partial charge on any atom is 0.306 e. The Labute approximate surface area is 514 Å². The number of carbonyl (C=O) groups excluding carboxylic acids is 3. The second-order valence-corrected chi connectivity index (χ2v) is 23.4. The molecule has 1 unspecified atom stereocenters. The Kier molecular flexibility index (Phi) is 67.2. The normalized spacial score (nSPS) is 12.8. The van der Waals surface area contributed by atoms with Crippen LogP contribution >= 0.6 is 0 Å². The molecule has 0 aromatic heterocycles. The van der Waals surface area contributed by atoms with E-state index in [9.17, 15) is 14.4 Å². The first kappa shape index (κ1) is 79.1. The zero-order valence-electron chi connectivity index (χ0n) is 54.7. The van der Waals surface area contributed by atoms with Gasteiger partial charge in [-0.1, -0.05) is 323 Å². The van der Waals surface area contributed by atoms with Crippen molar-refractivity contribution in [2.75, 3.05) is 13.2 Å². The smallest absolute Gasteiger partial charge is 0.306 e. The second kappa shape index (κ2) is 70.6. The van der Waals surface area contributed by atoms with E-state index in [1.54, 1.807) is 0 Å². The monoisotopic (exact) mass is 1150 g/mol. The minimum atomic E-state index is -0.779. The number of unbranched alkanes of at least 4 members (excludes halogenated alkanes) is 35. The van der Waals surface area contributed by atoms with Crippen molar-refractivity contribution in [1.82, 2.24) is 0 Å². The Hall–Kier alpha value is -3.93. The highest BCUT2D eigenvalue weighted by atomic mass is 16.6. The van der Waals surface area contributed by atoms with Crippen LogP contribution in [0.15, 0.2) is 109 Å². The van der Waals surface area contributed by atoms with Crippen molar-refractivity contribution >= 4 is 17.9 Å². The molecular weight excluding hydrogens is 1020 g/mol. The molecule has 83 heavy (non-hydrogen) atoms. The van der Waals surface area contributed by atoms with Crippen molar-refractivity contribution in [1.29, 1.82) is 0 Å². The van der Waals surface area contributed by atoms with Crippen LogP contribution in [0.5, 0.6) is 0 Å². The van der Waals surface area contributed by atoms with Gasteiger partial charge < -0.3 is 14.2 Å². The van der Waals surface area contributed by atoms with Crippen molar-refractivity contribution in [3.63, 3.8) is 0 Å². The van der Waals surface area contributed by atoms with Crippen LogP contribution in [0.4, 0.5) is 0 Å². The number of allylic oxidation sites excluding steroid dienone is 18. The molecule has 6 heteroatoms. The summed E-state index contributed by atoms with van der Waals surface area (Å²) in [5.74, 6) is -0.890. The summed E-state index contributed by atoms with van der Waals surface area (Å²) >= 11 is 0. The molecule has 0 saturated carbocycles. The number of ether oxygens (including phenoxy) is 3. The van der Waals surface area contributed by atoms with Gasteiger partial charge in [-0.25, -0.2) is 0 Å². The molecule has 0 aliphatic rings. The largest absolute Gasteiger partial charge is 0.462 e. The number of hydrogen-bond acceptors (Lipinski definition) is 6. The average molecular weight is 1150 g/mol. The fourth-order valence-electron chi connectivity index (χ4n) is 9.99. The van der Waals surface area contributed by atoms with Gasteiger partial charge >= 0.3 is 17.9 Å². The summed E-state index contributed by atoms with van der Waals surface area (Å²) in [7, 11) is 0. The van der Waals surface area contributed by atoms with Crippen LogP contribution in [0.3, 0.4) is 0 Å². The molecule has 0 rings (SSSR count). The van der Waals surface area contributed by atoms with Crippen molar-refractivity contribution in [2.24, 2.45) is 0 Å². The van der Waals surface area contributed by atoms with Gasteiger partial charge in [0.05, 0.1) is 0 Å². The van der Waals surface area contributed by atoms with Crippen molar-refractivity contribution in [2.45, 2.75) is 348 Å². The van der Waals surface area contributed by atoms with Crippen LogP contribution in [0.1, 0.15) is 342 Å². The summed E-state index contributed by atoms with van der Waals surface area (Å²) in [5.41, 5.74) is 0. The van der Waals surface area contributed by atoms with Crippen LogP contribution in [0.25, 0.3) is 0 Å². The Balaban J connectivity index is 4.02. The molecule has 0 N–H and O–H groups in total. The van der Waals surface area contributed by atoms with Gasteiger partial charge in [0.15, 0.2) is 6.10 Å². The summed E-state index contributed by atoms with van der Waals surface area (Å²) in [6.07, 6.45) is 97.4. The highest BCUT2D eigenvalue weighted by Crippen LogP contribution is 2.17. The Morgan fingerprint density at radius 2 is 0.470 bits per heavy atom. The van der Waals surface area contributed by atoms with E-state index in [1.165, 1.54) is 180 Å². The molecule has 0 aromatic rings. The van der Waals surface area contributed by atoms with Crippen molar-refractivity contribution < 1.29 is 28.6 Å². The van der Waals surface area contributed by atoms with E-state index in [-0.39, 0.29) is 31.1 Å². The van der Waals surface area contributed by atoms with E-state index < -0.39 is 6.10 Å². The summed E-state index contributed by atoms with van der Waals surface area (Å²) in [5, 5.41) is 0. The first-order valence-electron chi connectivity index (χ1n) is 35.4. The maximum absolute atomic E-state index is 12.9. The van der Waals surface area contributed by atoms with Gasteiger partial charge in [-0.05, 0) is 109 Å². The number of carbonyl (C=O) groups is 3. The topological polar surface area (TPSA) is 78.9 Å². The molecule has 0 aliphatic heterocycles. The molecule has 0 bridgehead atoms. The van der Waals surface area contributed by atoms with Gasteiger partial charge in [0.1, 0.15) is 13.2 Å². The molecule has 6 nitrogen and oxygen atoms in total. The summed E-state index contributed by atoms with van der Waals surface area (Å²) in [4.78, 5) is 38.0. The first-order chi connectivity index (χ1) is 41.0. The molecule has 476 valence electrons. The summed E-state index contributed by atoms with van der Waals surface area (Å²) < 4.78 is 16.8. The fraction of sp³-hybridized carbons (Fsp3) is 0.727. The number of rotatable bonds is 64. The standard InChI is InChI=1S/C77H132O6/c1-4-7-10-13-15-17-19-21-23-25-27-29-31-33-35-36-37-38-39-40-42-43-45-47-49-51-53-55-57-59-61-64-67-70-76(79)82-73-74(72-81-75(78)69-66-63-12-9-6-3)83-77(80)71-68-65-62-60-58-56-54-52-50-48-46-44-41-34-32-30-28-26-24-22-20-18-16-14-11-8-5-2/h7,10,15,17,21,23,26-29,33,35,37-38,40,42,45,47,74H,4-6,8-9,11-14,16,18-20,22,24-25,30-32,34,36,39,41,43-44,46,48-73H2,1-3H3/b10-7-,17-15-,23-21-,28-26-,29-27-,35-33-,38-37-,42-40-,47-45-. The van der Waals surface area contributed by atoms with E-state index in [0.717, 1.165) is 122 Å². The van der Waals surface area contributed by atoms with Gasteiger partial charge in [-0.2, -0.15) is 0 Å². The SMILES string of the molecule is CC/C=C\C/C=C\C/C=C\C/C=C\C/C=C\C/C=C\C/C=C\C/C=C\CCCCCCCCCCC(=O)OCC(COC(=O)CCCCCCC)OC(=O)CCCCCCCCCCCCCCCCC/C=C\CCCCCCCCCC. The molecule has 0 fully saturated rings. The predicted molar refractivity (Wildman–Crippen MR) is 362 cm³/mol. The fourth-order valence-corrected chi connectivity index (χ4v) is 9.99. The highest BCUT2D eigenvalue weighted by molar-refractivity contribution is 5.71. The molecular formula is C77H132O6. The lowest BCUT2D eigenvalue weighted by molar-refractivity contribution is -0.167. The average Bonchev–Trinajstić information content (AvgIpc) is 3.49. The Morgan fingerprint density at radius 1 is 0.253 bits per heavy atom. The first-order valence-corrected chi connectivity index (χ1v) is 35.4. The van der Waals surface area contributed by atoms with Crippen molar-refractivity contribution in [3.8, 4) is 0 Å². The van der Waals surface area contributed by atoms with Crippen LogP contribution in [-0.4, -0.2) is 37.2 Å². The molecule has 0 radical (unpaired) electrons. The van der Waals surface area contributed by atoms with Gasteiger partial charge in [0.2, 0.25) is 0 Å². The summed E-state index contributed by atoms with van der Waals surface area (Å²) in [6, 6.07) is 0. The minimum Gasteiger partial charge on any atom is -0.462 e. The molecule has 0 saturated heterocycles. The van der Waals surface area contributed by atoms with Crippen LogP contribution in [0.2, 0.25) is 0 Å². The van der Waals surface area contributed by atoms with Crippen LogP contribution < -0.4 is 0 Å². The van der Waals surface area contributed by atoms with Gasteiger partial charge in [0, 0.05) is 19.3 Å². The molecule has 0 aliphatic carbocycles. The zero-order valence-corrected chi connectivity index (χ0v) is 54.7. The lowest BCUT2D eigenvalue weighted by atomic mass is 10.0. The van der Waals surface area contributed by atoms with Gasteiger partial charge in [-0.15, -0.1) is 0 Å². The van der Waals surface area contributed by atoms with Gasteiger partial charge in [0.25, 0.3) is 0 Å². The Bertz CT molecular complexity index is 1660. The van der Waals surface area contributed by atoms with E-state index in [4.69, 9.17) is 14.2 Å². The minimum absolute atomic E-state index is 0.0791. The second-order valence-electron chi connectivity index (χ2n) is 23.4. The number of hydrogen-bond donors (Lipinski definition) is 0. The van der Waals surface area contributed by atoms with E-state index >= 15 is 0 Å². The third-order valence-electron chi connectivity index (χ3n) is 15.3. The molecule has 0 spiro atoms. The molecule has 0 aromatic carbocycles. The summed E-state index contributed by atoms with van der Waals surface area (Å²) in [6.45, 7) is 6.47. The van der Waals surface area contributed by atoms with E-state index in [1.807, 2.05) is 0 Å². The zero-order chi connectivity index (χ0) is 59.9. The van der Waals surface area contributed by atoms with Gasteiger partial charge in [-0.3, -0.25) is 14.4 Å². The third-order valence-corrected chi connectivity index (χ3v) is 15.3. The Morgan fingerprint density at radius 3 is 0.747 bits per heavy atom. The molecule has 1 atom stereocenters. The van der Waals surface area contributed by atoms with E-state index in [0.29, 0.717) is 19.3 Å². The third kappa shape index (κ3) is 68.7. The number of esters is 3. The predicted octanol–water partition coefficient (Wildman–Crippen LogP) is 24.6.